The Labute approximate surface area is 101 Å². The fourth-order valence-corrected chi connectivity index (χ4v) is 2.53. The molecule has 0 aromatic carbocycles. The molecular formula is C11H22N2O4. The molecule has 1 heterocycles. The maximum atomic E-state index is 10.8. The molecule has 0 spiro atoms. The van der Waals surface area contributed by atoms with E-state index in [1.165, 1.54) is 6.92 Å². The Morgan fingerprint density at radius 3 is 2.53 bits per heavy atom. The highest BCUT2D eigenvalue weighted by Gasteiger charge is 2.46. The zero-order valence-electron chi connectivity index (χ0n) is 10.5. The summed E-state index contributed by atoms with van der Waals surface area (Å²) in [6.45, 7) is 3.26. The minimum Gasteiger partial charge on any atom is -0.395 e. The summed E-state index contributed by atoms with van der Waals surface area (Å²) in [5.74, 6) is -0.326. The number of hydrogen-bond acceptors (Lipinski definition) is 5. The van der Waals surface area contributed by atoms with Gasteiger partial charge in [0, 0.05) is 25.4 Å². The van der Waals surface area contributed by atoms with Crippen LogP contribution in [-0.4, -0.2) is 70.6 Å². The first kappa shape index (κ1) is 14.4. The summed E-state index contributed by atoms with van der Waals surface area (Å²) in [6, 6.07) is -0.629. The van der Waals surface area contributed by atoms with Crippen LogP contribution in [0.3, 0.4) is 0 Å². The third-order valence-corrected chi connectivity index (χ3v) is 3.63. The lowest BCUT2D eigenvalue weighted by atomic mass is 9.96. The minimum atomic E-state index is -0.849. The number of rotatable bonds is 4. The first-order chi connectivity index (χ1) is 7.90. The van der Waals surface area contributed by atoms with E-state index in [1.54, 1.807) is 11.9 Å². The van der Waals surface area contributed by atoms with Gasteiger partial charge < -0.3 is 20.6 Å². The highest BCUT2D eigenvalue weighted by Crippen LogP contribution is 2.30. The Morgan fingerprint density at radius 1 is 1.53 bits per heavy atom. The van der Waals surface area contributed by atoms with Crippen LogP contribution in [0, 0.1) is 5.92 Å². The molecule has 6 nitrogen and oxygen atoms in total. The number of amides is 1. The van der Waals surface area contributed by atoms with Gasteiger partial charge in [0.15, 0.2) is 0 Å². The average Bonchev–Trinajstić information content (AvgIpc) is 2.47. The van der Waals surface area contributed by atoms with Crippen molar-refractivity contribution in [2.24, 2.45) is 5.92 Å². The predicted molar refractivity (Wildman–Crippen MR) is 62.3 cm³/mol. The lowest BCUT2D eigenvalue weighted by molar-refractivity contribution is -0.119. The summed E-state index contributed by atoms with van der Waals surface area (Å²) >= 11 is 0. The van der Waals surface area contributed by atoms with Gasteiger partial charge in [-0.05, 0) is 7.05 Å². The molecule has 5 atom stereocenters. The van der Waals surface area contributed by atoms with Crippen molar-refractivity contribution < 1.29 is 20.1 Å². The highest BCUT2D eigenvalue weighted by atomic mass is 16.3. The molecule has 0 aromatic heterocycles. The van der Waals surface area contributed by atoms with E-state index in [2.05, 4.69) is 5.32 Å². The molecule has 1 aliphatic rings. The predicted octanol–water partition coefficient (Wildman–Crippen LogP) is -1.84. The zero-order chi connectivity index (χ0) is 13.2. The number of nitrogens with zero attached hydrogens (tertiary/aromatic N) is 1. The Hall–Kier alpha value is -0.690. The fraction of sp³-hybridized carbons (Fsp3) is 0.909. The topological polar surface area (TPSA) is 93.0 Å². The third-order valence-electron chi connectivity index (χ3n) is 3.63. The van der Waals surface area contributed by atoms with Gasteiger partial charge in [-0.15, -0.1) is 0 Å². The van der Waals surface area contributed by atoms with Gasteiger partial charge in [0.2, 0.25) is 5.91 Å². The van der Waals surface area contributed by atoms with E-state index in [-0.39, 0.29) is 31.0 Å². The summed E-state index contributed by atoms with van der Waals surface area (Å²) in [7, 11) is 1.76. The van der Waals surface area contributed by atoms with E-state index in [0.717, 1.165) is 0 Å². The van der Waals surface area contributed by atoms with Crippen molar-refractivity contribution in [1.29, 1.82) is 0 Å². The number of carbonyl (C=O) groups excluding carboxylic acids is 1. The molecule has 1 saturated heterocycles. The molecule has 1 amide bonds. The van der Waals surface area contributed by atoms with Crippen molar-refractivity contribution >= 4 is 5.91 Å². The van der Waals surface area contributed by atoms with Crippen molar-refractivity contribution in [3.63, 3.8) is 0 Å². The largest absolute Gasteiger partial charge is 0.395 e. The lowest BCUT2D eigenvalue weighted by Crippen LogP contribution is -2.49. The van der Waals surface area contributed by atoms with Crippen molar-refractivity contribution in [3.05, 3.63) is 0 Å². The molecule has 0 radical (unpaired) electrons. The number of likely N-dealkylation sites (tertiary alicyclic amines) is 1. The zero-order valence-corrected chi connectivity index (χ0v) is 10.5. The summed E-state index contributed by atoms with van der Waals surface area (Å²) < 4.78 is 0. The van der Waals surface area contributed by atoms with Gasteiger partial charge >= 0.3 is 0 Å². The summed E-state index contributed by atoms with van der Waals surface area (Å²) in [4.78, 5) is 12.6. The van der Waals surface area contributed by atoms with E-state index in [4.69, 9.17) is 0 Å². The highest BCUT2D eigenvalue weighted by molar-refractivity contribution is 5.72. The van der Waals surface area contributed by atoms with Gasteiger partial charge in [-0.3, -0.25) is 9.69 Å². The second kappa shape index (κ2) is 5.77. The quantitative estimate of drug-likeness (QED) is 0.467. The number of nitrogens with one attached hydrogen (secondary N) is 1. The molecule has 0 aliphatic carbocycles. The molecule has 0 saturated carbocycles. The Bertz CT molecular complexity index is 274. The average molecular weight is 246 g/mol. The number of carbonyl (C=O) groups is 1. The van der Waals surface area contributed by atoms with Crippen LogP contribution in [0.2, 0.25) is 0 Å². The van der Waals surface area contributed by atoms with Crippen LogP contribution in [0.5, 0.6) is 0 Å². The van der Waals surface area contributed by atoms with E-state index in [0.29, 0.717) is 0 Å². The first-order valence-electron chi connectivity index (χ1n) is 5.83. The third kappa shape index (κ3) is 2.95. The maximum absolute atomic E-state index is 10.8. The molecule has 0 aromatic rings. The molecule has 6 heteroatoms. The van der Waals surface area contributed by atoms with Gasteiger partial charge in [0.05, 0.1) is 24.9 Å². The van der Waals surface area contributed by atoms with Gasteiger partial charge in [-0.25, -0.2) is 0 Å². The maximum Gasteiger partial charge on any atom is 0.216 e. The molecule has 1 fully saturated rings. The lowest BCUT2D eigenvalue weighted by Gasteiger charge is -2.29. The number of likely N-dealkylation sites (N-methyl/N-ethyl adjacent to an activating group) is 1. The Balaban J connectivity index is 2.66. The molecular weight excluding hydrogens is 224 g/mol. The SMILES string of the molecule is CC(=O)NC[C@@H](O)[C@@H]1[C@@H](O)[C@H](C)[C@@H](CO)N1C. The van der Waals surface area contributed by atoms with Crippen LogP contribution < -0.4 is 5.32 Å². The van der Waals surface area contributed by atoms with Crippen LogP contribution >= 0.6 is 0 Å². The normalized spacial score (nSPS) is 35.9. The van der Waals surface area contributed by atoms with Crippen LogP contribution in [0.15, 0.2) is 0 Å². The van der Waals surface area contributed by atoms with Crippen molar-refractivity contribution in [2.45, 2.75) is 38.1 Å². The molecule has 1 aliphatic heterocycles. The summed E-state index contributed by atoms with van der Waals surface area (Å²) in [5, 5.41) is 31.8. The van der Waals surface area contributed by atoms with Crippen molar-refractivity contribution in [3.8, 4) is 0 Å². The van der Waals surface area contributed by atoms with E-state index in [9.17, 15) is 20.1 Å². The summed E-state index contributed by atoms with van der Waals surface area (Å²) in [6.07, 6.45) is -1.56. The van der Waals surface area contributed by atoms with Crippen LogP contribution in [-0.2, 0) is 4.79 Å². The summed E-state index contributed by atoms with van der Waals surface area (Å²) in [5.41, 5.74) is 0. The fourth-order valence-electron chi connectivity index (χ4n) is 2.53. The van der Waals surface area contributed by atoms with Crippen molar-refractivity contribution in [2.75, 3.05) is 20.2 Å². The standard InChI is InChI=1S/C11H22N2O4/c1-6-8(5-14)13(3)10(11(6)17)9(16)4-12-7(2)15/h6,8-11,14,16-17H,4-5H2,1-3H3,(H,12,15)/t6-,8-,9-,10-,11+/m1/s1. The molecule has 4 N–H and O–H groups in total. The smallest absolute Gasteiger partial charge is 0.216 e. The van der Waals surface area contributed by atoms with Crippen LogP contribution in [0.4, 0.5) is 0 Å². The molecule has 1 rings (SSSR count). The van der Waals surface area contributed by atoms with E-state index in [1.807, 2.05) is 6.92 Å². The van der Waals surface area contributed by atoms with E-state index < -0.39 is 18.2 Å². The Morgan fingerprint density at radius 2 is 2.12 bits per heavy atom. The molecule has 100 valence electrons. The van der Waals surface area contributed by atoms with Gasteiger partial charge in [0.25, 0.3) is 0 Å². The second-order valence-corrected chi connectivity index (χ2v) is 4.76. The van der Waals surface area contributed by atoms with Crippen LogP contribution in [0.25, 0.3) is 0 Å². The van der Waals surface area contributed by atoms with Crippen LogP contribution in [0.1, 0.15) is 13.8 Å². The minimum absolute atomic E-state index is 0.0575. The first-order valence-corrected chi connectivity index (χ1v) is 5.83. The molecule has 0 bridgehead atoms. The Kier molecular flexibility index (Phi) is 4.88. The molecule has 17 heavy (non-hydrogen) atoms. The number of hydrogen-bond donors (Lipinski definition) is 4. The second-order valence-electron chi connectivity index (χ2n) is 4.76. The van der Waals surface area contributed by atoms with E-state index >= 15 is 0 Å². The number of aliphatic hydroxyl groups excluding tert-OH is 3. The van der Waals surface area contributed by atoms with Gasteiger partial charge in [0.1, 0.15) is 0 Å². The number of aliphatic hydroxyl groups is 3. The monoisotopic (exact) mass is 246 g/mol. The molecule has 0 unspecified atom stereocenters. The van der Waals surface area contributed by atoms with Gasteiger partial charge in [-0.2, -0.15) is 0 Å². The van der Waals surface area contributed by atoms with Crippen molar-refractivity contribution in [1.82, 2.24) is 10.2 Å². The van der Waals surface area contributed by atoms with Gasteiger partial charge in [-0.1, -0.05) is 6.92 Å².